The Morgan fingerprint density at radius 2 is 2.15 bits per heavy atom. The molecule has 1 amide bonds. The zero-order valence-corrected chi connectivity index (χ0v) is 13.1. The molecular formula is C15H23NO3S. The number of hydrogen-bond donors (Lipinski definition) is 2. The van der Waals surface area contributed by atoms with Gasteiger partial charge in [0.15, 0.2) is 0 Å². The van der Waals surface area contributed by atoms with Crippen molar-refractivity contribution < 1.29 is 14.7 Å². The van der Waals surface area contributed by atoms with Crippen LogP contribution in [0.1, 0.15) is 44.9 Å². The minimum absolute atomic E-state index is 0.0542. The highest BCUT2D eigenvalue weighted by Crippen LogP contribution is 2.21. The summed E-state index contributed by atoms with van der Waals surface area (Å²) < 4.78 is 0. The lowest BCUT2D eigenvalue weighted by molar-refractivity contribution is -0.139. The predicted octanol–water partition coefficient (Wildman–Crippen LogP) is 3.08. The standard InChI is InChI=1S/C15H23NO3S/c1-11(2)15(3,10-14(18)19)16-13(17)8-4-6-12-7-5-9-20-12/h5,7,9,11H,4,6,8,10H2,1-3H3,(H,16,17)(H,18,19). The first-order valence-corrected chi connectivity index (χ1v) is 7.76. The van der Waals surface area contributed by atoms with Gasteiger partial charge in [0, 0.05) is 16.8 Å². The molecule has 0 aliphatic carbocycles. The lowest BCUT2D eigenvalue weighted by Crippen LogP contribution is -2.51. The molecule has 20 heavy (non-hydrogen) atoms. The van der Waals surface area contributed by atoms with Crippen LogP contribution in [-0.4, -0.2) is 22.5 Å². The van der Waals surface area contributed by atoms with E-state index in [0.29, 0.717) is 6.42 Å². The van der Waals surface area contributed by atoms with E-state index in [2.05, 4.69) is 11.4 Å². The number of rotatable bonds is 8. The summed E-state index contributed by atoms with van der Waals surface area (Å²) in [7, 11) is 0. The molecule has 1 unspecified atom stereocenters. The number of aliphatic carboxylic acids is 1. The number of carbonyl (C=O) groups excluding carboxylic acids is 1. The van der Waals surface area contributed by atoms with Crippen LogP contribution in [0, 0.1) is 5.92 Å². The number of carboxylic acids is 1. The summed E-state index contributed by atoms with van der Waals surface area (Å²) in [6, 6.07) is 4.06. The summed E-state index contributed by atoms with van der Waals surface area (Å²) in [5.41, 5.74) is -0.689. The molecule has 0 spiro atoms. The van der Waals surface area contributed by atoms with Gasteiger partial charge in [-0.3, -0.25) is 9.59 Å². The fourth-order valence-corrected chi connectivity index (χ4v) is 2.72. The quantitative estimate of drug-likeness (QED) is 0.775. The van der Waals surface area contributed by atoms with Crippen LogP contribution in [0.5, 0.6) is 0 Å². The summed E-state index contributed by atoms with van der Waals surface area (Å²) in [6.07, 6.45) is 2.05. The molecule has 0 saturated heterocycles. The van der Waals surface area contributed by atoms with E-state index in [1.807, 2.05) is 25.3 Å². The highest BCUT2D eigenvalue weighted by molar-refractivity contribution is 7.09. The molecule has 0 bridgehead atoms. The number of thiophene rings is 1. The average molecular weight is 297 g/mol. The molecule has 1 atom stereocenters. The molecule has 112 valence electrons. The van der Waals surface area contributed by atoms with E-state index in [1.54, 1.807) is 18.3 Å². The summed E-state index contributed by atoms with van der Waals surface area (Å²) in [5.74, 6) is -0.890. The summed E-state index contributed by atoms with van der Waals surface area (Å²) in [5, 5.41) is 13.9. The average Bonchev–Trinajstić information content (AvgIpc) is 2.80. The van der Waals surface area contributed by atoms with Crippen molar-refractivity contribution in [3.8, 4) is 0 Å². The number of aryl methyl sites for hydroxylation is 1. The molecule has 0 aliphatic rings. The maximum Gasteiger partial charge on any atom is 0.305 e. The second kappa shape index (κ2) is 7.43. The molecule has 1 rings (SSSR count). The number of nitrogens with one attached hydrogen (secondary N) is 1. The van der Waals surface area contributed by atoms with E-state index < -0.39 is 11.5 Å². The van der Waals surface area contributed by atoms with Crippen LogP contribution >= 0.6 is 11.3 Å². The van der Waals surface area contributed by atoms with Crippen LogP contribution in [-0.2, 0) is 16.0 Å². The molecule has 4 nitrogen and oxygen atoms in total. The van der Waals surface area contributed by atoms with Gasteiger partial charge in [0.05, 0.1) is 6.42 Å². The van der Waals surface area contributed by atoms with Crippen molar-refractivity contribution in [1.29, 1.82) is 0 Å². The van der Waals surface area contributed by atoms with E-state index in [9.17, 15) is 9.59 Å². The number of hydrogen-bond acceptors (Lipinski definition) is 3. The summed E-state index contributed by atoms with van der Waals surface area (Å²) in [6.45, 7) is 5.65. The minimum Gasteiger partial charge on any atom is -0.481 e. The Morgan fingerprint density at radius 1 is 1.45 bits per heavy atom. The van der Waals surface area contributed by atoms with Gasteiger partial charge >= 0.3 is 5.97 Å². The lowest BCUT2D eigenvalue weighted by atomic mass is 9.85. The topological polar surface area (TPSA) is 66.4 Å². The van der Waals surface area contributed by atoms with Gasteiger partial charge in [0.1, 0.15) is 0 Å². The molecule has 0 radical (unpaired) electrons. The SMILES string of the molecule is CC(C)C(C)(CC(=O)O)NC(=O)CCCc1cccs1. The van der Waals surface area contributed by atoms with Gasteiger partial charge in [-0.15, -0.1) is 11.3 Å². The molecule has 1 aromatic heterocycles. The van der Waals surface area contributed by atoms with Gasteiger partial charge in [-0.2, -0.15) is 0 Å². The minimum atomic E-state index is -0.889. The molecule has 0 aliphatic heterocycles. The normalized spacial score (nSPS) is 14.0. The molecule has 0 aromatic carbocycles. The highest BCUT2D eigenvalue weighted by Gasteiger charge is 2.32. The predicted molar refractivity (Wildman–Crippen MR) is 80.9 cm³/mol. The maximum absolute atomic E-state index is 12.0. The van der Waals surface area contributed by atoms with Crippen LogP contribution < -0.4 is 5.32 Å². The van der Waals surface area contributed by atoms with Gasteiger partial charge in [-0.05, 0) is 37.1 Å². The van der Waals surface area contributed by atoms with Gasteiger partial charge in [-0.25, -0.2) is 0 Å². The first kappa shape index (κ1) is 16.7. The highest BCUT2D eigenvalue weighted by atomic mass is 32.1. The van der Waals surface area contributed by atoms with Crippen LogP contribution in [0.25, 0.3) is 0 Å². The van der Waals surface area contributed by atoms with E-state index in [-0.39, 0.29) is 18.2 Å². The van der Waals surface area contributed by atoms with Gasteiger partial charge in [-0.1, -0.05) is 19.9 Å². The van der Waals surface area contributed by atoms with Crippen molar-refractivity contribution >= 4 is 23.2 Å². The Labute approximate surface area is 124 Å². The second-order valence-electron chi connectivity index (χ2n) is 5.62. The third kappa shape index (κ3) is 5.33. The Morgan fingerprint density at radius 3 is 2.65 bits per heavy atom. The lowest BCUT2D eigenvalue weighted by Gasteiger charge is -2.33. The van der Waals surface area contributed by atoms with E-state index in [0.717, 1.165) is 12.8 Å². The Hall–Kier alpha value is -1.36. The van der Waals surface area contributed by atoms with E-state index in [1.165, 1.54) is 4.88 Å². The zero-order valence-electron chi connectivity index (χ0n) is 12.3. The first-order chi connectivity index (χ1) is 9.33. The summed E-state index contributed by atoms with van der Waals surface area (Å²) >= 11 is 1.69. The van der Waals surface area contributed by atoms with Gasteiger partial charge in [0.2, 0.25) is 5.91 Å². The summed E-state index contributed by atoms with van der Waals surface area (Å²) in [4.78, 5) is 24.2. The molecular weight excluding hydrogens is 274 g/mol. The number of amides is 1. The monoisotopic (exact) mass is 297 g/mol. The molecule has 0 fully saturated rings. The van der Waals surface area contributed by atoms with Crippen molar-refractivity contribution in [3.05, 3.63) is 22.4 Å². The van der Waals surface area contributed by atoms with Crippen molar-refractivity contribution in [1.82, 2.24) is 5.32 Å². The van der Waals surface area contributed by atoms with Crippen LogP contribution in [0.3, 0.4) is 0 Å². The maximum atomic E-state index is 12.0. The van der Waals surface area contributed by atoms with Crippen LogP contribution in [0.15, 0.2) is 17.5 Å². The number of carbonyl (C=O) groups is 2. The third-order valence-corrected chi connectivity index (χ3v) is 4.56. The van der Waals surface area contributed by atoms with Crippen LogP contribution in [0.4, 0.5) is 0 Å². The Kier molecular flexibility index (Phi) is 6.20. The Balaban J connectivity index is 2.43. The fraction of sp³-hybridized carbons (Fsp3) is 0.600. The van der Waals surface area contributed by atoms with Crippen molar-refractivity contribution in [3.63, 3.8) is 0 Å². The van der Waals surface area contributed by atoms with Gasteiger partial charge in [0.25, 0.3) is 0 Å². The van der Waals surface area contributed by atoms with E-state index in [4.69, 9.17) is 5.11 Å². The molecule has 0 saturated carbocycles. The molecule has 2 N–H and O–H groups in total. The largest absolute Gasteiger partial charge is 0.481 e. The molecule has 1 heterocycles. The fourth-order valence-electron chi connectivity index (χ4n) is 1.97. The van der Waals surface area contributed by atoms with Gasteiger partial charge < -0.3 is 10.4 Å². The zero-order chi connectivity index (χ0) is 15.2. The third-order valence-electron chi connectivity index (χ3n) is 3.62. The Bertz CT molecular complexity index is 442. The molecule has 1 aromatic rings. The van der Waals surface area contributed by atoms with E-state index >= 15 is 0 Å². The second-order valence-corrected chi connectivity index (χ2v) is 6.66. The smallest absolute Gasteiger partial charge is 0.305 e. The van der Waals surface area contributed by atoms with Crippen LogP contribution in [0.2, 0.25) is 0 Å². The van der Waals surface area contributed by atoms with Crippen molar-refractivity contribution in [2.45, 2.75) is 52.0 Å². The van der Waals surface area contributed by atoms with Crippen molar-refractivity contribution in [2.24, 2.45) is 5.92 Å². The van der Waals surface area contributed by atoms with Crippen molar-refractivity contribution in [2.75, 3.05) is 0 Å². The molecule has 5 heteroatoms. The number of carboxylic acid groups (broad SMARTS) is 1. The first-order valence-electron chi connectivity index (χ1n) is 6.88.